The average molecular weight is 340 g/mol. The van der Waals surface area contributed by atoms with Crippen LogP contribution in [-0.2, 0) is 4.74 Å². The molecule has 4 nitrogen and oxygen atoms in total. The molecule has 0 atom stereocenters. The summed E-state index contributed by atoms with van der Waals surface area (Å²) in [5.41, 5.74) is 1.75. The Morgan fingerprint density at radius 2 is 2.00 bits per heavy atom. The van der Waals surface area contributed by atoms with Gasteiger partial charge in [-0.05, 0) is 18.2 Å². The molecule has 1 heterocycles. The van der Waals surface area contributed by atoms with Crippen LogP contribution in [0.5, 0.6) is 0 Å². The molecular formula is C19H14ClNO3. The minimum absolute atomic E-state index is 0.101. The first-order valence-corrected chi connectivity index (χ1v) is 7.68. The number of aromatic amines is 1. The molecule has 1 N–H and O–H groups in total. The van der Waals surface area contributed by atoms with E-state index in [4.69, 9.17) is 16.3 Å². The summed E-state index contributed by atoms with van der Waals surface area (Å²) >= 11 is 6.21. The minimum atomic E-state index is -0.521. The van der Waals surface area contributed by atoms with Crippen molar-refractivity contribution in [1.82, 2.24) is 4.98 Å². The second-order valence-electron chi connectivity index (χ2n) is 5.14. The fraction of sp³-hybridized carbons (Fsp3) is 0.0526. The van der Waals surface area contributed by atoms with Gasteiger partial charge in [-0.1, -0.05) is 48.5 Å². The first-order valence-electron chi connectivity index (χ1n) is 7.31. The van der Waals surface area contributed by atoms with Gasteiger partial charge in [0.15, 0.2) is 5.43 Å². The summed E-state index contributed by atoms with van der Waals surface area (Å²) in [6.45, 7) is 3.62. The molecule has 5 heteroatoms. The number of fused-ring (bicyclic) bond motifs is 1. The number of nitrogens with one attached hydrogen (secondary N) is 1. The lowest BCUT2D eigenvalue weighted by atomic mass is 10.1. The third kappa shape index (κ3) is 2.96. The monoisotopic (exact) mass is 339 g/mol. The van der Waals surface area contributed by atoms with E-state index in [2.05, 4.69) is 11.6 Å². The van der Waals surface area contributed by atoms with Crippen molar-refractivity contribution in [3.05, 3.63) is 82.0 Å². The molecular weight excluding hydrogens is 326 g/mol. The van der Waals surface area contributed by atoms with Crippen molar-refractivity contribution in [2.45, 2.75) is 0 Å². The summed E-state index contributed by atoms with van der Waals surface area (Å²) in [5, 5.41) is 0.929. The molecule has 0 aliphatic carbocycles. The van der Waals surface area contributed by atoms with Crippen LogP contribution >= 0.6 is 11.6 Å². The normalized spacial score (nSPS) is 10.5. The van der Waals surface area contributed by atoms with Crippen LogP contribution in [0.1, 0.15) is 10.4 Å². The zero-order chi connectivity index (χ0) is 17.1. The van der Waals surface area contributed by atoms with Crippen molar-refractivity contribution in [3.8, 4) is 11.3 Å². The van der Waals surface area contributed by atoms with E-state index < -0.39 is 5.97 Å². The quantitative estimate of drug-likeness (QED) is 0.572. The highest BCUT2D eigenvalue weighted by atomic mass is 35.5. The number of carbonyl (C=O) groups is 1. The van der Waals surface area contributed by atoms with Gasteiger partial charge in [-0.3, -0.25) is 4.79 Å². The molecule has 3 aromatic rings. The molecule has 3 rings (SSSR count). The third-order valence-electron chi connectivity index (χ3n) is 3.58. The highest BCUT2D eigenvalue weighted by molar-refractivity contribution is 6.33. The van der Waals surface area contributed by atoms with Gasteiger partial charge in [0.2, 0.25) is 0 Å². The van der Waals surface area contributed by atoms with E-state index in [0.717, 1.165) is 0 Å². The van der Waals surface area contributed by atoms with Gasteiger partial charge in [-0.2, -0.15) is 0 Å². The standard InChI is InChI=1S/C19H14ClNO3/c1-2-10-24-19(23)14-8-5-7-13-17(22)11-16(21-18(13)14)12-6-3-4-9-15(12)20/h2-9,11H,1,10H2,(H,21,22). The molecule has 0 saturated heterocycles. The number of hydrogen-bond donors (Lipinski definition) is 1. The Bertz CT molecular complexity index is 991. The second-order valence-corrected chi connectivity index (χ2v) is 5.55. The van der Waals surface area contributed by atoms with Gasteiger partial charge in [0.25, 0.3) is 0 Å². The summed E-state index contributed by atoms with van der Waals surface area (Å²) in [6, 6.07) is 13.6. The number of pyridine rings is 1. The van der Waals surface area contributed by atoms with E-state index >= 15 is 0 Å². The molecule has 24 heavy (non-hydrogen) atoms. The predicted octanol–water partition coefficient (Wildman–Crippen LogP) is 4.19. The Hall–Kier alpha value is -2.85. The summed E-state index contributed by atoms with van der Waals surface area (Å²) in [4.78, 5) is 27.8. The van der Waals surface area contributed by atoms with Gasteiger partial charge in [0.05, 0.1) is 16.8 Å². The number of rotatable bonds is 4. The molecule has 120 valence electrons. The lowest BCUT2D eigenvalue weighted by Crippen LogP contribution is -2.10. The number of benzene rings is 2. The van der Waals surface area contributed by atoms with Crippen molar-refractivity contribution < 1.29 is 9.53 Å². The maximum absolute atomic E-state index is 12.4. The van der Waals surface area contributed by atoms with E-state index in [1.54, 1.807) is 30.3 Å². The Kier molecular flexibility index (Phi) is 4.49. The topological polar surface area (TPSA) is 59.2 Å². The lowest BCUT2D eigenvalue weighted by molar-refractivity contribution is 0.0552. The number of aromatic nitrogens is 1. The number of ether oxygens (including phenoxy) is 1. The minimum Gasteiger partial charge on any atom is -0.458 e. The van der Waals surface area contributed by atoms with E-state index in [9.17, 15) is 9.59 Å². The van der Waals surface area contributed by atoms with Gasteiger partial charge in [-0.15, -0.1) is 0 Å². The summed E-state index contributed by atoms with van der Waals surface area (Å²) in [5.74, 6) is -0.521. The van der Waals surface area contributed by atoms with Crippen molar-refractivity contribution in [2.24, 2.45) is 0 Å². The zero-order valence-electron chi connectivity index (χ0n) is 12.7. The maximum Gasteiger partial charge on any atom is 0.340 e. The maximum atomic E-state index is 12.4. The third-order valence-corrected chi connectivity index (χ3v) is 3.91. The fourth-order valence-electron chi connectivity index (χ4n) is 2.48. The molecule has 0 radical (unpaired) electrons. The number of para-hydroxylation sites is 1. The van der Waals surface area contributed by atoms with Crippen LogP contribution in [0.25, 0.3) is 22.2 Å². The van der Waals surface area contributed by atoms with E-state index in [1.807, 2.05) is 12.1 Å². The van der Waals surface area contributed by atoms with Crippen molar-refractivity contribution in [2.75, 3.05) is 6.61 Å². The SMILES string of the molecule is C=CCOC(=O)c1cccc2c(=O)cc(-c3ccccc3Cl)[nH]c12. The second kappa shape index (κ2) is 6.72. The van der Waals surface area contributed by atoms with Gasteiger partial charge in [0.1, 0.15) is 6.61 Å². The van der Waals surface area contributed by atoms with Crippen molar-refractivity contribution >= 4 is 28.5 Å². The van der Waals surface area contributed by atoms with Crippen LogP contribution in [0.2, 0.25) is 5.02 Å². The summed E-state index contributed by atoms with van der Waals surface area (Å²) < 4.78 is 5.09. The molecule has 0 saturated carbocycles. The molecule has 2 aromatic carbocycles. The number of esters is 1. The Morgan fingerprint density at radius 3 is 2.75 bits per heavy atom. The molecule has 0 spiro atoms. The molecule has 0 aliphatic heterocycles. The highest BCUT2D eigenvalue weighted by Crippen LogP contribution is 2.27. The van der Waals surface area contributed by atoms with Gasteiger partial charge >= 0.3 is 5.97 Å². The van der Waals surface area contributed by atoms with Crippen LogP contribution in [-0.4, -0.2) is 17.6 Å². The van der Waals surface area contributed by atoms with Gasteiger partial charge < -0.3 is 9.72 Å². The van der Waals surface area contributed by atoms with Crippen LogP contribution in [0.15, 0.2) is 66.0 Å². The van der Waals surface area contributed by atoms with Gasteiger partial charge in [-0.25, -0.2) is 4.79 Å². The molecule has 0 amide bonds. The predicted molar refractivity (Wildman–Crippen MR) is 95.5 cm³/mol. The zero-order valence-corrected chi connectivity index (χ0v) is 13.5. The van der Waals surface area contributed by atoms with Crippen molar-refractivity contribution in [3.63, 3.8) is 0 Å². The van der Waals surface area contributed by atoms with E-state index in [1.165, 1.54) is 12.1 Å². The number of carbonyl (C=O) groups excluding carboxylic acids is 1. The average Bonchev–Trinajstić information content (AvgIpc) is 2.59. The summed E-state index contributed by atoms with van der Waals surface area (Å²) in [7, 11) is 0. The van der Waals surface area contributed by atoms with Crippen LogP contribution in [0.3, 0.4) is 0 Å². The molecule has 0 aliphatic rings. The first-order chi connectivity index (χ1) is 11.6. The first kappa shape index (κ1) is 16.0. The largest absolute Gasteiger partial charge is 0.458 e. The highest BCUT2D eigenvalue weighted by Gasteiger charge is 2.15. The van der Waals surface area contributed by atoms with Crippen LogP contribution in [0, 0.1) is 0 Å². The van der Waals surface area contributed by atoms with Crippen LogP contribution in [0.4, 0.5) is 0 Å². The van der Waals surface area contributed by atoms with E-state index in [0.29, 0.717) is 32.7 Å². The number of H-pyrrole nitrogens is 1. The lowest BCUT2D eigenvalue weighted by Gasteiger charge is -2.09. The number of halogens is 1. The van der Waals surface area contributed by atoms with Crippen molar-refractivity contribution in [1.29, 1.82) is 0 Å². The Balaban J connectivity index is 2.22. The Morgan fingerprint density at radius 1 is 1.21 bits per heavy atom. The Labute approximate surface area is 143 Å². The molecule has 0 fully saturated rings. The van der Waals surface area contributed by atoms with E-state index in [-0.39, 0.29) is 12.0 Å². The van der Waals surface area contributed by atoms with Crippen LogP contribution < -0.4 is 5.43 Å². The molecule has 1 aromatic heterocycles. The fourth-order valence-corrected chi connectivity index (χ4v) is 2.72. The molecule has 0 unspecified atom stereocenters. The molecule has 0 bridgehead atoms. The smallest absolute Gasteiger partial charge is 0.340 e. The number of hydrogen-bond acceptors (Lipinski definition) is 3. The van der Waals surface area contributed by atoms with Gasteiger partial charge in [0, 0.05) is 22.0 Å². The summed E-state index contributed by atoms with van der Waals surface area (Å²) in [6.07, 6.45) is 1.49.